The van der Waals surface area contributed by atoms with E-state index >= 15 is 0 Å². The monoisotopic (exact) mass is 244 g/mol. The predicted octanol–water partition coefficient (Wildman–Crippen LogP) is 2.11. The first kappa shape index (κ1) is 11.3. The van der Waals surface area contributed by atoms with Gasteiger partial charge >= 0.3 is 0 Å². The van der Waals surface area contributed by atoms with E-state index in [0.29, 0.717) is 17.6 Å². The van der Waals surface area contributed by atoms with Gasteiger partial charge in [-0.1, -0.05) is 18.1 Å². The summed E-state index contributed by atoms with van der Waals surface area (Å²) in [4.78, 5) is 8.85. The maximum atomic E-state index is 5.35. The second-order valence-corrected chi connectivity index (χ2v) is 4.82. The lowest BCUT2D eigenvalue weighted by Gasteiger charge is -2.09. The number of hydrogen-bond donors (Lipinski definition) is 1. The topological polar surface area (TPSA) is 63.8 Å². The van der Waals surface area contributed by atoms with E-state index in [2.05, 4.69) is 27.4 Å². The van der Waals surface area contributed by atoms with Crippen molar-refractivity contribution in [1.29, 1.82) is 0 Å². The molecular weight excluding hydrogens is 228 g/mol. The van der Waals surface area contributed by atoms with Gasteiger partial charge in [0.2, 0.25) is 11.7 Å². The van der Waals surface area contributed by atoms with E-state index in [9.17, 15) is 0 Å². The number of pyridine rings is 1. The molecule has 0 aliphatic carbocycles. The summed E-state index contributed by atoms with van der Waals surface area (Å²) in [7, 11) is 0. The van der Waals surface area contributed by atoms with E-state index in [1.807, 2.05) is 25.1 Å². The van der Waals surface area contributed by atoms with Crippen LogP contribution in [0.4, 0.5) is 0 Å². The van der Waals surface area contributed by atoms with E-state index < -0.39 is 0 Å². The maximum Gasteiger partial charge on any atom is 0.244 e. The first-order valence-electron chi connectivity index (χ1n) is 6.25. The number of aromatic nitrogens is 3. The molecule has 1 N–H and O–H groups in total. The minimum atomic E-state index is 0.177. The molecule has 1 saturated heterocycles. The molecule has 2 aromatic heterocycles. The van der Waals surface area contributed by atoms with Crippen LogP contribution in [-0.2, 0) is 0 Å². The molecule has 2 aromatic rings. The lowest BCUT2D eigenvalue weighted by atomic mass is 10.0. The Bertz CT molecular complexity index is 551. The van der Waals surface area contributed by atoms with Gasteiger partial charge in [0.15, 0.2) is 0 Å². The van der Waals surface area contributed by atoms with Crippen molar-refractivity contribution in [2.24, 2.45) is 5.92 Å². The summed E-state index contributed by atoms with van der Waals surface area (Å²) >= 11 is 0. The van der Waals surface area contributed by atoms with Gasteiger partial charge in [0.1, 0.15) is 5.69 Å². The predicted molar refractivity (Wildman–Crippen MR) is 66.8 cm³/mol. The first-order valence-corrected chi connectivity index (χ1v) is 6.25. The molecule has 94 valence electrons. The fourth-order valence-corrected chi connectivity index (χ4v) is 2.30. The molecule has 1 aliphatic heterocycles. The van der Waals surface area contributed by atoms with Crippen LogP contribution in [0.2, 0.25) is 0 Å². The van der Waals surface area contributed by atoms with Crippen LogP contribution in [0, 0.1) is 12.8 Å². The van der Waals surface area contributed by atoms with E-state index in [-0.39, 0.29) is 6.04 Å². The third-order valence-electron chi connectivity index (χ3n) is 3.36. The number of nitrogens with zero attached hydrogens (tertiary/aromatic N) is 3. The van der Waals surface area contributed by atoms with Crippen molar-refractivity contribution < 1.29 is 4.52 Å². The van der Waals surface area contributed by atoms with Gasteiger partial charge in [-0.05, 0) is 37.9 Å². The van der Waals surface area contributed by atoms with Crippen LogP contribution < -0.4 is 5.32 Å². The third-order valence-corrected chi connectivity index (χ3v) is 3.36. The Balaban J connectivity index is 1.89. The van der Waals surface area contributed by atoms with E-state index in [4.69, 9.17) is 4.52 Å². The first-order chi connectivity index (χ1) is 8.74. The molecule has 3 rings (SSSR count). The minimum Gasteiger partial charge on any atom is -0.337 e. The fraction of sp³-hybridized carbons (Fsp3) is 0.462. The van der Waals surface area contributed by atoms with Crippen LogP contribution in [0.15, 0.2) is 22.7 Å². The molecule has 0 aromatic carbocycles. The molecule has 3 heterocycles. The summed E-state index contributed by atoms with van der Waals surface area (Å²) in [6.07, 6.45) is 1.14. The third kappa shape index (κ3) is 2.01. The summed E-state index contributed by atoms with van der Waals surface area (Å²) in [5.41, 5.74) is 1.71. The van der Waals surface area contributed by atoms with Crippen LogP contribution in [0.5, 0.6) is 0 Å². The zero-order chi connectivity index (χ0) is 12.5. The largest absolute Gasteiger partial charge is 0.337 e. The molecule has 0 bridgehead atoms. The smallest absolute Gasteiger partial charge is 0.244 e. The zero-order valence-corrected chi connectivity index (χ0v) is 10.6. The summed E-state index contributed by atoms with van der Waals surface area (Å²) in [5.74, 6) is 1.76. The second-order valence-electron chi connectivity index (χ2n) is 4.82. The summed E-state index contributed by atoms with van der Waals surface area (Å²) < 4.78 is 5.35. The Kier molecular flexibility index (Phi) is 2.83. The van der Waals surface area contributed by atoms with Crippen molar-refractivity contribution in [1.82, 2.24) is 20.4 Å². The number of rotatable bonds is 2. The van der Waals surface area contributed by atoms with E-state index in [0.717, 1.165) is 24.4 Å². The standard InChI is InChI=1S/C13H16N4O/c1-8-6-7-14-11(8)13-16-12(17-18-13)10-5-3-4-9(2)15-10/h3-5,8,11,14H,6-7H2,1-2H3. The highest BCUT2D eigenvalue weighted by Gasteiger charge is 2.29. The molecular formula is C13H16N4O. The molecule has 0 radical (unpaired) electrons. The molecule has 18 heavy (non-hydrogen) atoms. The number of nitrogens with one attached hydrogen (secondary N) is 1. The molecule has 1 fully saturated rings. The van der Waals surface area contributed by atoms with Crippen molar-refractivity contribution in [3.8, 4) is 11.5 Å². The van der Waals surface area contributed by atoms with Crippen molar-refractivity contribution in [2.75, 3.05) is 6.54 Å². The molecule has 2 unspecified atom stereocenters. The number of aryl methyl sites for hydroxylation is 1. The Morgan fingerprint density at radius 3 is 2.94 bits per heavy atom. The Hall–Kier alpha value is -1.75. The van der Waals surface area contributed by atoms with Gasteiger partial charge < -0.3 is 9.84 Å². The Morgan fingerprint density at radius 1 is 1.33 bits per heavy atom. The van der Waals surface area contributed by atoms with Gasteiger partial charge in [0.25, 0.3) is 0 Å². The zero-order valence-electron chi connectivity index (χ0n) is 10.6. The number of hydrogen-bond acceptors (Lipinski definition) is 5. The molecule has 0 amide bonds. The molecule has 1 aliphatic rings. The van der Waals surface area contributed by atoms with E-state index in [1.165, 1.54) is 0 Å². The highest BCUT2D eigenvalue weighted by Crippen LogP contribution is 2.28. The normalized spacial score (nSPS) is 23.4. The van der Waals surface area contributed by atoms with Gasteiger partial charge in [-0.3, -0.25) is 0 Å². The average molecular weight is 244 g/mol. The maximum absolute atomic E-state index is 5.35. The second kappa shape index (κ2) is 4.49. The minimum absolute atomic E-state index is 0.177. The molecule has 2 atom stereocenters. The SMILES string of the molecule is Cc1cccc(-c2noc(C3NCCC3C)n2)n1. The van der Waals surface area contributed by atoms with Crippen LogP contribution >= 0.6 is 0 Å². The van der Waals surface area contributed by atoms with Gasteiger partial charge in [-0.15, -0.1) is 0 Å². The quantitative estimate of drug-likeness (QED) is 0.876. The van der Waals surface area contributed by atoms with Crippen molar-refractivity contribution >= 4 is 0 Å². The molecule has 5 heteroatoms. The van der Waals surface area contributed by atoms with Crippen LogP contribution in [0.1, 0.15) is 31.0 Å². The molecule has 0 saturated carbocycles. The van der Waals surface area contributed by atoms with Gasteiger partial charge in [0, 0.05) is 5.69 Å². The summed E-state index contributed by atoms with van der Waals surface area (Å²) in [6, 6.07) is 5.97. The van der Waals surface area contributed by atoms with Crippen molar-refractivity contribution in [2.45, 2.75) is 26.3 Å². The van der Waals surface area contributed by atoms with E-state index in [1.54, 1.807) is 0 Å². The van der Waals surface area contributed by atoms with Gasteiger partial charge in [0.05, 0.1) is 6.04 Å². The molecule has 0 spiro atoms. The Labute approximate surface area is 106 Å². The molecule has 5 nitrogen and oxygen atoms in total. The van der Waals surface area contributed by atoms with Gasteiger partial charge in [-0.2, -0.15) is 4.98 Å². The van der Waals surface area contributed by atoms with Crippen molar-refractivity contribution in [3.63, 3.8) is 0 Å². The van der Waals surface area contributed by atoms with Crippen LogP contribution in [0.3, 0.4) is 0 Å². The summed E-state index contributed by atoms with van der Waals surface area (Å²) in [5, 5.41) is 7.40. The lowest BCUT2D eigenvalue weighted by Crippen LogP contribution is -2.16. The average Bonchev–Trinajstić information content (AvgIpc) is 2.97. The van der Waals surface area contributed by atoms with Crippen LogP contribution in [-0.4, -0.2) is 21.7 Å². The lowest BCUT2D eigenvalue weighted by molar-refractivity contribution is 0.319. The van der Waals surface area contributed by atoms with Crippen LogP contribution in [0.25, 0.3) is 11.5 Å². The van der Waals surface area contributed by atoms with Gasteiger partial charge in [-0.25, -0.2) is 4.98 Å². The van der Waals surface area contributed by atoms with Crippen molar-refractivity contribution in [3.05, 3.63) is 29.8 Å². The highest BCUT2D eigenvalue weighted by molar-refractivity contribution is 5.48. The fourth-order valence-electron chi connectivity index (χ4n) is 2.30. The Morgan fingerprint density at radius 2 is 2.22 bits per heavy atom. The summed E-state index contributed by atoms with van der Waals surface area (Å²) in [6.45, 7) is 5.15. The highest BCUT2D eigenvalue weighted by atomic mass is 16.5.